The Labute approximate surface area is 519 Å². The smallest absolute Gasteiger partial charge is 0.306 e. The lowest BCUT2D eigenvalue weighted by Gasteiger charge is -2.18. The molecule has 1 unspecified atom stereocenters. The molecule has 0 aromatic carbocycles. The second-order valence-electron chi connectivity index (χ2n) is 25.9. The van der Waals surface area contributed by atoms with Crippen molar-refractivity contribution in [3.63, 3.8) is 0 Å². The lowest BCUT2D eigenvalue weighted by atomic mass is 10.0. The van der Waals surface area contributed by atoms with Gasteiger partial charge in [0.05, 0.1) is 0 Å². The van der Waals surface area contributed by atoms with Crippen molar-refractivity contribution in [2.75, 3.05) is 13.2 Å². The molecule has 0 radical (unpaired) electrons. The minimum absolute atomic E-state index is 0.0653. The summed E-state index contributed by atoms with van der Waals surface area (Å²) >= 11 is 0. The fraction of sp³-hybridized carbons (Fsp3) is 0.909. The van der Waals surface area contributed by atoms with Gasteiger partial charge >= 0.3 is 17.9 Å². The van der Waals surface area contributed by atoms with Gasteiger partial charge in [0.1, 0.15) is 13.2 Å². The molecule has 0 amide bonds. The minimum Gasteiger partial charge on any atom is -0.462 e. The number of ether oxygens (including phenoxy) is 3. The largest absolute Gasteiger partial charge is 0.462 e. The fourth-order valence-corrected chi connectivity index (χ4v) is 11.7. The van der Waals surface area contributed by atoms with Gasteiger partial charge in [-0.05, 0) is 70.6 Å². The van der Waals surface area contributed by atoms with Crippen molar-refractivity contribution >= 4 is 17.9 Å². The third-order valence-corrected chi connectivity index (χ3v) is 17.4. The summed E-state index contributed by atoms with van der Waals surface area (Å²) < 4.78 is 17.1. The fourth-order valence-electron chi connectivity index (χ4n) is 11.7. The summed E-state index contributed by atoms with van der Waals surface area (Å²) in [6.45, 7) is 6.73. The van der Waals surface area contributed by atoms with Gasteiger partial charge in [0, 0.05) is 19.3 Å². The first-order valence-corrected chi connectivity index (χ1v) is 37.8. The van der Waals surface area contributed by atoms with E-state index in [0.717, 1.165) is 57.8 Å². The van der Waals surface area contributed by atoms with Crippen molar-refractivity contribution in [3.8, 4) is 0 Å². The van der Waals surface area contributed by atoms with E-state index in [1.807, 2.05) is 0 Å². The minimum atomic E-state index is -0.770. The summed E-state index contributed by atoms with van der Waals surface area (Å²) in [6, 6.07) is 0. The summed E-state index contributed by atoms with van der Waals surface area (Å²) in [5.41, 5.74) is 0. The monoisotopic (exact) mass is 1170 g/mol. The quantitative estimate of drug-likeness (QED) is 0.0261. The average molecular weight is 1170 g/mol. The molecule has 6 heteroatoms. The molecule has 0 N–H and O–H groups in total. The summed E-state index contributed by atoms with van der Waals surface area (Å²) in [5, 5.41) is 0. The van der Waals surface area contributed by atoms with E-state index in [4.69, 9.17) is 14.2 Å². The van der Waals surface area contributed by atoms with Gasteiger partial charge < -0.3 is 14.2 Å². The van der Waals surface area contributed by atoms with Gasteiger partial charge in [-0.2, -0.15) is 0 Å². The van der Waals surface area contributed by atoms with Crippen LogP contribution in [-0.4, -0.2) is 37.2 Å². The van der Waals surface area contributed by atoms with Crippen molar-refractivity contribution in [1.82, 2.24) is 0 Å². The molecule has 0 bridgehead atoms. The van der Waals surface area contributed by atoms with Gasteiger partial charge in [-0.1, -0.05) is 366 Å². The normalized spacial score (nSPS) is 12.1. The SMILES string of the molecule is CCCCCCCC/C=C\CCCCCCCCCCCC(=O)OC(COC(=O)CCCCCCCCCCCCCCCCC/C=C\CCCCCCCCCC)COC(=O)CCCCCCCCCCCCCCCCCCCCC. The second kappa shape index (κ2) is 72.4. The summed E-state index contributed by atoms with van der Waals surface area (Å²) in [5.74, 6) is -0.830. The summed E-state index contributed by atoms with van der Waals surface area (Å²) in [7, 11) is 0. The average Bonchev–Trinajstić information content (AvgIpc) is 3.50. The van der Waals surface area contributed by atoms with E-state index in [1.54, 1.807) is 0 Å². The van der Waals surface area contributed by atoms with E-state index in [2.05, 4.69) is 45.1 Å². The molecular weight excluding hydrogens is 1020 g/mol. The third kappa shape index (κ3) is 70.5. The summed E-state index contributed by atoms with van der Waals surface area (Å²) in [4.78, 5) is 38.6. The maximum atomic E-state index is 13.0. The van der Waals surface area contributed by atoms with Crippen molar-refractivity contribution in [2.45, 2.75) is 438 Å². The molecule has 0 aliphatic heterocycles. The van der Waals surface area contributed by atoms with Crippen molar-refractivity contribution in [1.29, 1.82) is 0 Å². The van der Waals surface area contributed by atoms with Gasteiger partial charge in [0.25, 0.3) is 0 Å². The Morgan fingerprint density at radius 3 is 0.602 bits per heavy atom. The van der Waals surface area contributed by atoms with E-state index in [9.17, 15) is 14.4 Å². The molecule has 490 valence electrons. The van der Waals surface area contributed by atoms with Crippen LogP contribution in [0.15, 0.2) is 24.3 Å². The van der Waals surface area contributed by atoms with Crippen LogP contribution in [0.2, 0.25) is 0 Å². The van der Waals surface area contributed by atoms with Crippen LogP contribution in [0.3, 0.4) is 0 Å². The van der Waals surface area contributed by atoms with Crippen molar-refractivity contribution in [2.24, 2.45) is 0 Å². The molecule has 0 heterocycles. The van der Waals surface area contributed by atoms with Crippen molar-refractivity contribution < 1.29 is 28.6 Å². The van der Waals surface area contributed by atoms with Crippen molar-refractivity contribution in [3.05, 3.63) is 24.3 Å². The van der Waals surface area contributed by atoms with E-state index >= 15 is 0 Å². The van der Waals surface area contributed by atoms with Crippen LogP contribution in [0.4, 0.5) is 0 Å². The van der Waals surface area contributed by atoms with Crippen LogP contribution in [-0.2, 0) is 28.6 Å². The van der Waals surface area contributed by atoms with Crippen LogP contribution < -0.4 is 0 Å². The zero-order valence-corrected chi connectivity index (χ0v) is 56.5. The van der Waals surface area contributed by atoms with Crippen LogP contribution in [0.5, 0.6) is 0 Å². The molecule has 0 saturated heterocycles. The molecule has 0 aliphatic carbocycles. The molecule has 1 atom stereocenters. The maximum Gasteiger partial charge on any atom is 0.306 e. The lowest BCUT2D eigenvalue weighted by molar-refractivity contribution is -0.167. The van der Waals surface area contributed by atoms with Gasteiger partial charge in [-0.15, -0.1) is 0 Å². The zero-order chi connectivity index (χ0) is 59.9. The van der Waals surface area contributed by atoms with Gasteiger partial charge in [-0.3, -0.25) is 14.4 Å². The number of unbranched alkanes of at least 4 members (excludes halogenated alkanes) is 56. The Bertz CT molecular complexity index is 1340. The highest BCUT2D eigenvalue weighted by Crippen LogP contribution is 2.19. The first-order valence-electron chi connectivity index (χ1n) is 37.8. The Hall–Kier alpha value is -2.11. The number of carbonyl (C=O) groups excluding carboxylic acids is 3. The maximum absolute atomic E-state index is 13.0. The molecule has 0 spiro atoms. The van der Waals surface area contributed by atoms with Crippen LogP contribution in [0, 0.1) is 0 Å². The number of hydrogen-bond acceptors (Lipinski definition) is 6. The van der Waals surface area contributed by atoms with Crippen LogP contribution in [0.25, 0.3) is 0 Å². The lowest BCUT2D eigenvalue weighted by Crippen LogP contribution is -2.30. The molecule has 83 heavy (non-hydrogen) atoms. The third-order valence-electron chi connectivity index (χ3n) is 17.4. The van der Waals surface area contributed by atoms with E-state index in [1.165, 1.54) is 334 Å². The van der Waals surface area contributed by atoms with E-state index in [-0.39, 0.29) is 31.1 Å². The molecule has 0 fully saturated rings. The van der Waals surface area contributed by atoms with Gasteiger partial charge in [0.2, 0.25) is 0 Å². The molecular formula is C77H146O6. The Morgan fingerprint density at radius 2 is 0.398 bits per heavy atom. The molecule has 0 rings (SSSR count). The topological polar surface area (TPSA) is 78.9 Å². The number of allylic oxidation sites excluding steroid dienone is 4. The molecule has 6 nitrogen and oxygen atoms in total. The Morgan fingerprint density at radius 1 is 0.229 bits per heavy atom. The molecule has 0 saturated carbocycles. The first kappa shape index (κ1) is 80.9. The van der Waals surface area contributed by atoms with Crippen LogP contribution in [0.1, 0.15) is 432 Å². The predicted octanol–water partition coefficient (Wildman–Crippen LogP) is 26.1. The Kier molecular flexibility index (Phi) is 70.5. The Balaban J connectivity index is 4.25. The molecule has 0 aliphatic rings. The number of esters is 3. The van der Waals surface area contributed by atoms with Gasteiger partial charge in [0.15, 0.2) is 6.10 Å². The number of carbonyl (C=O) groups is 3. The number of rotatable bonds is 71. The molecule has 0 aromatic heterocycles. The van der Waals surface area contributed by atoms with E-state index < -0.39 is 6.10 Å². The van der Waals surface area contributed by atoms with E-state index in [0.29, 0.717) is 19.3 Å². The number of hydrogen-bond donors (Lipinski definition) is 0. The standard InChI is InChI=1S/C77H146O6/c1-4-7-10-13-16-19-22-25-28-31-34-35-36-37-38-39-40-41-44-46-49-52-55-58-61-64-67-70-76(79)82-73-74(83-77(80)71-68-65-62-59-56-53-50-47-43-33-30-27-24-21-18-15-12-9-6-3)72-81-75(78)69-66-63-60-57-54-51-48-45-42-32-29-26-23-20-17-14-11-8-5-2/h27,30-31,34,74H,4-26,28-29,32-33,35-73H2,1-3H3/b30-27-,34-31-. The molecule has 0 aromatic rings. The predicted molar refractivity (Wildman–Crippen MR) is 363 cm³/mol. The zero-order valence-electron chi connectivity index (χ0n) is 56.5. The summed E-state index contributed by atoms with van der Waals surface area (Å²) in [6.07, 6.45) is 89.3. The second-order valence-corrected chi connectivity index (χ2v) is 25.9. The van der Waals surface area contributed by atoms with Gasteiger partial charge in [-0.25, -0.2) is 0 Å². The highest BCUT2D eigenvalue weighted by atomic mass is 16.6. The highest BCUT2D eigenvalue weighted by molar-refractivity contribution is 5.71. The first-order chi connectivity index (χ1) is 41.0. The highest BCUT2D eigenvalue weighted by Gasteiger charge is 2.20. The van der Waals surface area contributed by atoms with Crippen LogP contribution >= 0.6 is 0 Å².